The molecule has 1 heterocycles. The molecule has 0 aliphatic heterocycles. The van der Waals surface area contributed by atoms with Gasteiger partial charge in [-0.3, -0.25) is 14.2 Å². The van der Waals surface area contributed by atoms with Crippen LogP contribution in [0.25, 0.3) is 17.2 Å². The Morgan fingerprint density at radius 3 is 2.00 bits per heavy atom. The molecule has 8 heteroatoms. The summed E-state index contributed by atoms with van der Waals surface area (Å²) in [6, 6.07) is 21.4. The molecule has 1 atom stereocenters. The number of carbonyl (C=O) groups is 2. The first-order valence-electron chi connectivity index (χ1n) is 9.34. The second-order valence-corrected chi connectivity index (χ2v) is 7.16. The minimum absolute atomic E-state index is 0.0639. The number of allylic oxidation sites excluding steroid dienone is 1. The van der Waals surface area contributed by atoms with Crippen molar-refractivity contribution in [1.29, 1.82) is 0 Å². The lowest BCUT2D eigenvalue weighted by Gasteiger charge is -2.11. The SMILES string of the molecule is O=C(C(=Cn1c(=S)[nH]c2ccc([NH+]([O-])O)cc21)C(=O)c1ccccc1)c1ccccc1. The van der Waals surface area contributed by atoms with E-state index in [-0.39, 0.29) is 16.0 Å². The number of imidazole rings is 1. The maximum absolute atomic E-state index is 13.3. The fraction of sp³-hybridized carbons (Fsp3) is 0. The molecule has 0 saturated heterocycles. The molecule has 4 rings (SSSR count). The molecule has 3 aromatic carbocycles. The molecular weight excluding hydrogens is 414 g/mol. The molecule has 7 nitrogen and oxygen atoms in total. The van der Waals surface area contributed by atoms with Crippen molar-refractivity contribution in [3.63, 3.8) is 0 Å². The van der Waals surface area contributed by atoms with E-state index in [0.717, 1.165) is 0 Å². The second-order valence-electron chi connectivity index (χ2n) is 6.77. The lowest BCUT2D eigenvalue weighted by atomic mass is 9.96. The summed E-state index contributed by atoms with van der Waals surface area (Å²) in [5.74, 6) is -0.916. The number of nitrogens with zero attached hydrogens (tertiary/aromatic N) is 1. The standard InChI is InChI=1S/C23H17N3O4S/c27-21(15-7-3-1-4-8-15)18(22(28)16-9-5-2-6-10-16)14-25-20-13-17(26(29)30)11-12-19(20)24-23(25)31/h1-14,26,29H,(H,24,31). The van der Waals surface area contributed by atoms with Gasteiger partial charge in [0.15, 0.2) is 22.0 Å². The molecule has 1 aromatic heterocycles. The number of carbonyl (C=O) groups excluding carboxylic acids is 2. The van der Waals surface area contributed by atoms with Crippen LogP contribution >= 0.6 is 12.2 Å². The lowest BCUT2D eigenvalue weighted by molar-refractivity contribution is -0.991. The van der Waals surface area contributed by atoms with Gasteiger partial charge in [-0.2, -0.15) is 5.23 Å². The zero-order chi connectivity index (χ0) is 22.0. The number of benzene rings is 3. The predicted octanol–water partition coefficient (Wildman–Crippen LogP) is 3.71. The molecule has 3 N–H and O–H groups in total. The molecule has 4 aromatic rings. The van der Waals surface area contributed by atoms with Crippen LogP contribution in [0.15, 0.2) is 84.4 Å². The van der Waals surface area contributed by atoms with E-state index in [1.165, 1.54) is 22.9 Å². The van der Waals surface area contributed by atoms with E-state index in [4.69, 9.17) is 12.2 Å². The van der Waals surface area contributed by atoms with Crippen molar-refractivity contribution in [3.05, 3.63) is 106 Å². The maximum Gasteiger partial charge on any atom is 0.198 e. The largest absolute Gasteiger partial charge is 0.595 e. The Kier molecular flexibility index (Phi) is 5.70. The Labute approximate surface area is 182 Å². The number of hydrogen-bond acceptors (Lipinski definition) is 5. The summed E-state index contributed by atoms with van der Waals surface area (Å²) >= 11 is 5.38. The summed E-state index contributed by atoms with van der Waals surface area (Å²) in [7, 11) is 0. The van der Waals surface area contributed by atoms with Crippen LogP contribution in [0.1, 0.15) is 20.7 Å². The molecule has 0 saturated carbocycles. The highest BCUT2D eigenvalue weighted by molar-refractivity contribution is 7.71. The van der Waals surface area contributed by atoms with Crippen LogP contribution in [0.3, 0.4) is 0 Å². The maximum atomic E-state index is 13.3. The fourth-order valence-electron chi connectivity index (χ4n) is 3.22. The predicted molar refractivity (Wildman–Crippen MR) is 119 cm³/mol. The Hall–Kier alpha value is -3.69. The van der Waals surface area contributed by atoms with Gasteiger partial charge in [-0.15, -0.1) is 0 Å². The Bertz CT molecular complexity index is 1300. The van der Waals surface area contributed by atoms with Crippen LogP contribution in [-0.2, 0) is 0 Å². The van der Waals surface area contributed by atoms with Gasteiger partial charge in [0.2, 0.25) is 0 Å². The molecule has 154 valence electrons. The van der Waals surface area contributed by atoms with Gasteiger partial charge in [0.25, 0.3) is 0 Å². The quantitative estimate of drug-likeness (QED) is 0.108. The van der Waals surface area contributed by atoms with Gasteiger partial charge in [0.05, 0.1) is 16.6 Å². The van der Waals surface area contributed by atoms with Crippen LogP contribution in [-0.4, -0.2) is 26.3 Å². The number of aromatic amines is 1. The average Bonchev–Trinajstić information content (AvgIpc) is 3.11. The van der Waals surface area contributed by atoms with Crippen molar-refractivity contribution in [2.75, 3.05) is 0 Å². The van der Waals surface area contributed by atoms with Gasteiger partial charge in [-0.05, 0) is 18.3 Å². The molecule has 31 heavy (non-hydrogen) atoms. The third-order valence-corrected chi connectivity index (χ3v) is 5.08. The number of hydrogen-bond donors (Lipinski definition) is 3. The fourth-order valence-corrected chi connectivity index (χ4v) is 3.48. The van der Waals surface area contributed by atoms with Gasteiger partial charge in [0, 0.05) is 29.5 Å². The van der Waals surface area contributed by atoms with Gasteiger partial charge >= 0.3 is 0 Å². The Balaban J connectivity index is 1.92. The summed E-state index contributed by atoms with van der Waals surface area (Å²) < 4.78 is 1.69. The Morgan fingerprint density at radius 1 is 0.935 bits per heavy atom. The van der Waals surface area contributed by atoms with E-state index in [1.54, 1.807) is 66.7 Å². The monoisotopic (exact) mass is 431 g/mol. The Morgan fingerprint density at radius 2 is 1.48 bits per heavy atom. The third kappa shape index (κ3) is 4.14. The van der Waals surface area contributed by atoms with E-state index in [1.807, 2.05) is 0 Å². The second kappa shape index (κ2) is 8.58. The van der Waals surface area contributed by atoms with E-state index >= 15 is 0 Å². The van der Waals surface area contributed by atoms with Crippen molar-refractivity contribution in [2.24, 2.45) is 0 Å². The average molecular weight is 431 g/mol. The summed E-state index contributed by atoms with van der Waals surface area (Å²) in [5, 5.41) is 19.6. The van der Waals surface area contributed by atoms with Gasteiger partial charge in [-0.25, -0.2) is 5.21 Å². The molecule has 0 amide bonds. The van der Waals surface area contributed by atoms with Gasteiger partial charge in [0.1, 0.15) is 0 Å². The highest BCUT2D eigenvalue weighted by atomic mass is 32.1. The van der Waals surface area contributed by atoms with Crippen molar-refractivity contribution >= 4 is 46.7 Å². The molecule has 0 spiro atoms. The summed E-state index contributed by atoms with van der Waals surface area (Å²) in [6.45, 7) is 0. The minimum Gasteiger partial charge on any atom is -0.595 e. The van der Waals surface area contributed by atoms with E-state index in [9.17, 15) is 20.0 Å². The molecule has 1 unspecified atom stereocenters. The summed E-state index contributed by atoms with van der Waals surface area (Å²) in [6.07, 6.45) is 1.37. The van der Waals surface area contributed by atoms with Crippen molar-refractivity contribution in [2.45, 2.75) is 0 Å². The van der Waals surface area contributed by atoms with Crippen LogP contribution in [0.4, 0.5) is 5.69 Å². The number of ketones is 2. The molecule has 0 aliphatic carbocycles. The number of aromatic nitrogens is 2. The number of H-pyrrole nitrogens is 1. The van der Waals surface area contributed by atoms with Crippen LogP contribution in [0.5, 0.6) is 0 Å². The first-order chi connectivity index (χ1) is 15.0. The van der Waals surface area contributed by atoms with Crippen LogP contribution in [0, 0.1) is 9.98 Å². The number of quaternary nitrogens is 1. The molecule has 0 bridgehead atoms. The number of fused-ring (bicyclic) bond motifs is 1. The van der Waals surface area contributed by atoms with Crippen molar-refractivity contribution in [1.82, 2.24) is 9.55 Å². The van der Waals surface area contributed by atoms with Gasteiger partial charge < -0.3 is 10.2 Å². The number of Topliss-reactive ketones (excluding diaryl/α,β-unsaturated/α-hetero) is 2. The highest BCUT2D eigenvalue weighted by Crippen LogP contribution is 2.21. The number of rotatable bonds is 6. The van der Waals surface area contributed by atoms with E-state index in [2.05, 4.69) is 4.98 Å². The summed E-state index contributed by atoms with van der Waals surface area (Å²) in [5.41, 5.74) is 1.73. The highest BCUT2D eigenvalue weighted by Gasteiger charge is 2.22. The summed E-state index contributed by atoms with van der Waals surface area (Å²) in [4.78, 5) is 29.5. The van der Waals surface area contributed by atoms with Crippen LogP contribution < -0.4 is 5.23 Å². The van der Waals surface area contributed by atoms with Crippen molar-refractivity contribution in [3.8, 4) is 0 Å². The molecule has 0 fully saturated rings. The van der Waals surface area contributed by atoms with Crippen molar-refractivity contribution < 1.29 is 20.0 Å². The topological polar surface area (TPSA) is 103 Å². The first-order valence-corrected chi connectivity index (χ1v) is 9.75. The normalized spacial score (nSPS) is 11.8. The molecule has 0 radical (unpaired) electrons. The zero-order valence-corrected chi connectivity index (χ0v) is 16.9. The van der Waals surface area contributed by atoms with Crippen LogP contribution in [0.2, 0.25) is 0 Å². The van der Waals surface area contributed by atoms with E-state index in [0.29, 0.717) is 22.2 Å². The van der Waals surface area contributed by atoms with Gasteiger partial charge in [-0.1, -0.05) is 60.7 Å². The minimum atomic E-state index is -1.09. The van der Waals surface area contributed by atoms with E-state index < -0.39 is 16.8 Å². The third-order valence-electron chi connectivity index (χ3n) is 4.78. The lowest BCUT2D eigenvalue weighted by Crippen LogP contribution is -2.99. The molecular formula is C23H17N3O4S. The smallest absolute Gasteiger partial charge is 0.198 e. The number of nitrogens with one attached hydrogen (secondary N) is 2. The molecule has 0 aliphatic rings. The zero-order valence-electron chi connectivity index (χ0n) is 16.1. The first kappa shape index (κ1) is 20.6.